The SMILES string of the molecule is CCOC(=O)C(C)CNCC1CCCC(O)C1. The van der Waals surface area contributed by atoms with Gasteiger partial charge in [0.1, 0.15) is 0 Å². The molecule has 0 aromatic heterocycles. The van der Waals surface area contributed by atoms with E-state index >= 15 is 0 Å². The van der Waals surface area contributed by atoms with E-state index in [1.807, 2.05) is 13.8 Å². The van der Waals surface area contributed by atoms with Crippen molar-refractivity contribution in [2.24, 2.45) is 11.8 Å². The average molecular weight is 243 g/mol. The van der Waals surface area contributed by atoms with Gasteiger partial charge in [0.05, 0.1) is 18.6 Å². The summed E-state index contributed by atoms with van der Waals surface area (Å²) < 4.78 is 4.94. The van der Waals surface area contributed by atoms with Crippen LogP contribution in [0.25, 0.3) is 0 Å². The number of esters is 1. The van der Waals surface area contributed by atoms with Crippen LogP contribution >= 0.6 is 0 Å². The Labute approximate surface area is 104 Å². The zero-order valence-electron chi connectivity index (χ0n) is 10.9. The number of hydrogen-bond acceptors (Lipinski definition) is 4. The van der Waals surface area contributed by atoms with Crippen LogP contribution < -0.4 is 5.32 Å². The molecule has 1 aliphatic rings. The summed E-state index contributed by atoms with van der Waals surface area (Å²) in [6.07, 6.45) is 3.99. The van der Waals surface area contributed by atoms with E-state index in [-0.39, 0.29) is 18.0 Å². The van der Waals surface area contributed by atoms with Crippen molar-refractivity contribution >= 4 is 5.97 Å². The number of rotatable bonds is 6. The summed E-state index contributed by atoms with van der Waals surface area (Å²) in [6.45, 7) is 5.69. The van der Waals surface area contributed by atoms with Crippen molar-refractivity contribution < 1.29 is 14.6 Å². The van der Waals surface area contributed by atoms with Gasteiger partial charge in [-0.15, -0.1) is 0 Å². The van der Waals surface area contributed by atoms with Crippen LogP contribution in [-0.2, 0) is 9.53 Å². The van der Waals surface area contributed by atoms with Crippen LogP contribution in [0.3, 0.4) is 0 Å². The van der Waals surface area contributed by atoms with Crippen molar-refractivity contribution in [3.63, 3.8) is 0 Å². The van der Waals surface area contributed by atoms with Crippen LogP contribution in [0.5, 0.6) is 0 Å². The number of aliphatic hydroxyl groups is 1. The molecule has 3 unspecified atom stereocenters. The highest BCUT2D eigenvalue weighted by Crippen LogP contribution is 2.23. The Morgan fingerprint density at radius 3 is 2.94 bits per heavy atom. The fraction of sp³-hybridized carbons (Fsp3) is 0.923. The molecule has 3 atom stereocenters. The highest BCUT2D eigenvalue weighted by Gasteiger charge is 2.20. The van der Waals surface area contributed by atoms with Gasteiger partial charge < -0.3 is 15.2 Å². The molecule has 0 radical (unpaired) electrons. The lowest BCUT2D eigenvalue weighted by Crippen LogP contribution is -2.33. The molecule has 2 N–H and O–H groups in total. The van der Waals surface area contributed by atoms with Crippen LogP contribution in [0.1, 0.15) is 39.5 Å². The van der Waals surface area contributed by atoms with Crippen LogP contribution in [0, 0.1) is 11.8 Å². The predicted molar refractivity (Wildman–Crippen MR) is 66.6 cm³/mol. The first-order valence-electron chi connectivity index (χ1n) is 6.68. The number of carbonyl (C=O) groups excluding carboxylic acids is 1. The minimum atomic E-state index is -0.135. The first-order chi connectivity index (χ1) is 8.13. The van der Waals surface area contributed by atoms with E-state index in [4.69, 9.17) is 4.74 Å². The van der Waals surface area contributed by atoms with Crippen molar-refractivity contribution in [3.05, 3.63) is 0 Å². The zero-order chi connectivity index (χ0) is 12.7. The lowest BCUT2D eigenvalue weighted by molar-refractivity contribution is -0.147. The van der Waals surface area contributed by atoms with Gasteiger partial charge >= 0.3 is 5.97 Å². The van der Waals surface area contributed by atoms with E-state index in [9.17, 15) is 9.90 Å². The van der Waals surface area contributed by atoms with Gasteiger partial charge in [-0.05, 0) is 38.6 Å². The molecule has 0 bridgehead atoms. The molecule has 0 aromatic carbocycles. The van der Waals surface area contributed by atoms with E-state index in [0.29, 0.717) is 19.1 Å². The van der Waals surface area contributed by atoms with Crippen LogP contribution in [0.4, 0.5) is 0 Å². The summed E-state index contributed by atoms with van der Waals surface area (Å²) in [7, 11) is 0. The summed E-state index contributed by atoms with van der Waals surface area (Å²) in [5.74, 6) is 0.320. The number of aliphatic hydroxyl groups excluding tert-OH is 1. The van der Waals surface area contributed by atoms with Crippen molar-refractivity contribution in [3.8, 4) is 0 Å². The normalized spacial score (nSPS) is 26.5. The topological polar surface area (TPSA) is 58.6 Å². The molecule has 17 heavy (non-hydrogen) atoms. The maximum Gasteiger partial charge on any atom is 0.309 e. The Morgan fingerprint density at radius 1 is 1.53 bits per heavy atom. The van der Waals surface area contributed by atoms with Crippen molar-refractivity contribution in [1.29, 1.82) is 0 Å². The fourth-order valence-electron chi connectivity index (χ4n) is 2.32. The Balaban J connectivity index is 2.12. The molecule has 0 aliphatic heterocycles. The van der Waals surface area contributed by atoms with Crippen LogP contribution in [-0.4, -0.2) is 36.9 Å². The van der Waals surface area contributed by atoms with Gasteiger partial charge in [0.15, 0.2) is 0 Å². The second kappa shape index (κ2) is 7.67. The van der Waals surface area contributed by atoms with Gasteiger partial charge in [0, 0.05) is 6.54 Å². The Hall–Kier alpha value is -0.610. The first-order valence-corrected chi connectivity index (χ1v) is 6.68. The van der Waals surface area contributed by atoms with E-state index < -0.39 is 0 Å². The smallest absolute Gasteiger partial charge is 0.309 e. The molecule has 1 saturated carbocycles. The fourth-order valence-corrected chi connectivity index (χ4v) is 2.32. The van der Waals surface area contributed by atoms with Gasteiger partial charge in [-0.2, -0.15) is 0 Å². The third kappa shape index (κ3) is 5.50. The molecule has 100 valence electrons. The van der Waals surface area contributed by atoms with Gasteiger partial charge in [-0.1, -0.05) is 13.3 Å². The average Bonchev–Trinajstić information content (AvgIpc) is 2.29. The van der Waals surface area contributed by atoms with Crippen LogP contribution in [0.15, 0.2) is 0 Å². The van der Waals surface area contributed by atoms with Crippen LogP contribution in [0.2, 0.25) is 0 Å². The van der Waals surface area contributed by atoms with Gasteiger partial charge in [0.25, 0.3) is 0 Å². The third-order valence-electron chi connectivity index (χ3n) is 3.33. The minimum absolute atomic E-state index is 0.0940. The maximum absolute atomic E-state index is 11.4. The highest BCUT2D eigenvalue weighted by atomic mass is 16.5. The van der Waals surface area contributed by atoms with E-state index in [2.05, 4.69) is 5.32 Å². The molecule has 0 saturated heterocycles. The lowest BCUT2D eigenvalue weighted by atomic mass is 9.87. The number of carbonyl (C=O) groups is 1. The molecule has 4 heteroatoms. The number of ether oxygens (including phenoxy) is 1. The standard InChI is InChI=1S/C13H25NO3/c1-3-17-13(16)10(2)8-14-9-11-5-4-6-12(15)7-11/h10-12,14-15H,3-9H2,1-2H3. The molecule has 1 fully saturated rings. The molecule has 1 rings (SSSR count). The maximum atomic E-state index is 11.4. The van der Waals surface area contributed by atoms with Crippen molar-refractivity contribution in [1.82, 2.24) is 5.32 Å². The summed E-state index contributed by atoms with van der Waals surface area (Å²) in [5, 5.41) is 12.8. The van der Waals surface area contributed by atoms with E-state index in [1.165, 1.54) is 6.42 Å². The molecular weight excluding hydrogens is 218 g/mol. The second-order valence-electron chi connectivity index (χ2n) is 5.00. The predicted octanol–water partition coefficient (Wildman–Crippen LogP) is 1.33. The highest BCUT2D eigenvalue weighted by molar-refractivity contribution is 5.72. The van der Waals surface area contributed by atoms with Gasteiger partial charge in [-0.3, -0.25) is 4.79 Å². The zero-order valence-corrected chi connectivity index (χ0v) is 10.9. The monoisotopic (exact) mass is 243 g/mol. The third-order valence-corrected chi connectivity index (χ3v) is 3.33. The lowest BCUT2D eigenvalue weighted by Gasteiger charge is -2.26. The molecule has 0 amide bonds. The summed E-state index contributed by atoms with van der Waals surface area (Å²) in [4.78, 5) is 11.4. The molecule has 0 aromatic rings. The Morgan fingerprint density at radius 2 is 2.29 bits per heavy atom. The molecule has 0 heterocycles. The van der Waals surface area contributed by atoms with Crippen molar-refractivity contribution in [2.75, 3.05) is 19.7 Å². The summed E-state index contributed by atoms with van der Waals surface area (Å²) in [6, 6.07) is 0. The molecule has 1 aliphatic carbocycles. The molecular formula is C13H25NO3. The van der Waals surface area contributed by atoms with E-state index in [0.717, 1.165) is 25.8 Å². The number of hydrogen-bond donors (Lipinski definition) is 2. The second-order valence-corrected chi connectivity index (χ2v) is 5.00. The quantitative estimate of drug-likeness (QED) is 0.691. The Kier molecular flexibility index (Phi) is 6.52. The number of nitrogens with one attached hydrogen (secondary N) is 1. The summed E-state index contributed by atoms with van der Waals surface area (Å²) in [5.41, 5.74) is 0. The van der Waals surface area contributed by atoms with Gasteiger partial charge in [-0.25, -0.2) is 0 Å². The Bertz CT molecular complexity index is 233. The largest absolute Gasteiger partial charge is 0.466 e. The van der Waals surface area contributed by atoms with Crippen molar-refractivity contribution in [2.45, 2.75) is 45.6 Å². The van der Waals surface area contributed by atoms with Gasteiger partial charge in [0.2, 0.25) is 0 Å². The van der Waals surface area contributed by atoms with E-state index in [1.54, 1.807) is 0 Å². The first kappa shape index (κ1) is 14.5. The molecule has 0 spiro atoms. The minimum Gasteiger partial charge on any atom is -0.466 e. The molecule has 4 nitrogen and oxygen atoms in total. The summed E-state index contributed by atoms with van der Waals surface area (Å²) >= 11 is 0.